The molecule has 0 radical (unpaired) electrons. The molecule has 1 atom stereocenters. The number of rotatable bonds is 5. The van der Waals surface area contributed by atoms with E-state index in [0.29, 0.717) is 6.29 Å². The molecule has 5 nitrogen and oxygen atoms in total. The van der Waals surface area contributed by atoms with Crippen molar-refractivity contribution >= 4 is 48.2 Å². The van der Waals surface area contributed by atoms with Crippen LogP contribution < -0.4 is 5.32 Å². The Bertz CT molecular complexity index is 162. The second-order valence-electron chi connectivity index (χ2n) is 1.65. The molecule has 12 heavy (non-hydrogen) atoms. The first kappa shape index (κ1) is 14.2. The van der Waals surface area contributed by atoms with E-state index in [9.17, 15) is 14.4 Å². The van der Waals surface area contributed by atoms with Crippen LogP contribution in [0.1, 0.15) is 6.92 Å². The molecule has 0 heterocycles. The number of hydrogen-bond donors (Lipinski definition) is 1. The van der Waals surface area contributed by atoms with E-state index < -0.39 is 12.0 Å². The topological polar surface area (TPSA) is 72.5 Å². The molecule has 0 aromatic rings. The standard InChI is InChI=1S/C6H9NO4.Na.H/c1-2-11-6(10)5(3-8)7-4-9;;/h3-5H,2H2,1H3,(H,7,9);;. The summed E-state index contributed by atoms with van der Waals surface area (Å²) < 4.78 is 4.46. The maximum absolute atomic E-state index is 10.7. The maximum atomic E-state index is 10.7. The van der Waals surface area contributed by atoms with Gasteiger partial charge in [-0.3, -0.25) is 4.79 Å². The van der Waals surface area contributed by atoms with Gasteiger partial charge >= 0.3 is 35.5 Å². The van der Waals surface area contributed by atoms with Gasteiger partial charge < -0.3 is 14.8 Å². The molecule has 0 spiro atoms. The fourth-order valence-corrected chi connectivity index (χ4v) is 0.468. The fraction of sp³-hybridized carbons (Fsp3) is 0.500. The molecule has 0 saturated heterocycles. The summed E-state index contributed by atoms with van der Waals surface area (Å²) in [5.41, 5.74) is 0. The predicted molar refractivity (Wildman–Crippen MR) is 42.8 cm³/mol. The molecule has 0 fully saturated rings. The molecule has 0 saturated carbocycles. The number of hydrogen-bond acceptors (Lipinski definition) is 4. The molecular formula is C6H10NNaO4. The van der Waals surface area contributed by atoms with E-state index in [2.05, 4.69) is 4.74 Å². The van der Waals surface area contributed by atoms with Crippen LogP contribution in [0.3, 0.4) is 0 Å². The van der Waals surface area contributed by atoms with Crippen molar-refractivity contribution < 1.29 is 19.1 Å². The summed E-state index contributed by atoms with van der Waals surface area (Å²) in [6.07, 6.45) is 0.586. The molecule has 0 aliphatic heterocycles. The van der Waals surface area contributed by atoms with Gasteiger partial charge in [-0.1, -0.05) is 0 Å². The summed E-state index contributed by atoms with van der Waals surface area (Å²) in [6.45, 7) is 1.80. The summed E-state index contributed by atoms with van der Waals surface area (Å²) in [4.78, 5) is 30.6. The van der Waals surface area contributed by atoms with Crippen LogP contribution in [0.4, 0.5) is 0 Å². The van der Waals surface area contributed by atoms with E-state index in [4.69, 9.17) is 0 Å². The third-order valence-electron chi connectivity index (χ3n) is 0.924. The Labute approximate surface area is 92.1 Å². The summed E-state index contributed by atoms with van der Waals surface area (Å²) in [5, 5.41) is 1.99. The Kier molecular flexibility index (Phi) is 10.3. The molecule has 64 valence electrons. The number of carbonyl (C=O) groups is 3. The molecule has 0 rings (SSSR count). The van der Waals surface area contributed by atoms with Gasteiger partial charge in [0.05, 0.1) is 6.61 Å². The van der Waals surface area contributed by atoms with Crippen LogP contribution in [0.25, 0.3) is 0 Å². The molecule has 0 bridgehead atoms. The van der Waals surface area contributed by atoms with Gasteiger partial charge in [-0.25, -0.2) is 4.79 Å². The number of amides is 1. The molecule has 0 aliphatic carbocycles. The van der Waals surface area contributed by atoms with Gasteiger partial charge in [0.1, 0.15) is 0 Å². The SMILES string of the molecule is CCOC(=O)C(C=O)NC=O.[NaH]. The Morgan fingerprint density at radius 3 is 2.50 bits per heavy atom. The van der Waals surface area contributed by atoms with E-state index in [1.807, 2.05) is 5.32 Å². The molecule has 6 heteroatoms. The number of nitrogens with one attached hydrogen (secondary N) is 1. The van der Waals surface area contributed by atoms with E-state index in [1.165, 1.54) is 0 Å². The predicted octanol–water partition coefficient (Wildman–Crippen LogP) is -1.79. The van der Waals surface area contributed by atoms with Crippen LogP contribution in [0.5, 0.6) is 0 Å². The van der Waals surface area contributed by atoms with Crippen LogP contribution in [-0.2, 0) is 19.1 Å². The monoisotopic (exact) mass is 183 g/mol. The summed E-state index contributed by atoms with van der Waals surface area (Å²) in [7, 11) is 0. The molecule has 0 aromatic heterocycles. The average molecular weight is 183 g/mol. The normalized spacial score (nSPS) is 10.4. The van der Waals surface area contributed by atoms with E-state index >= 15 is 0 Å². The first-order valence-electron chi connectivity index (χ1n) is 3.07. The van der Waals surface area contributed by atoms with Crippen molar-refractivity contribution in [1.29, 1.82) is 0 Å². The van der Waals surface area contributed by atoms with Gasteiger partial charge in [0.25, 0.3) is 0 Å². The second kappa shape index (κ2) is 8.70. The Morgan fingerprint density at radius 2 is 2.17 bits per heavy atom. The van der Waals surface area contributed by atoms with Gasteiger partial charge in [0.2, 0.25) is 6.41 Å². The fourth-order valence-electron chi connectivity index (χ4n) is 0.468. The number of ether oxygens (including phenoxy) is 1. The van der Waals surface area contributed by atoms with Crippen LogP contribution in [0.15, 0.2) is 0 Å². The van der Waals surface area contributed by atoms with Gasteiger partial charge in [0, 0.05) is 0 Å². The zero-order valence-electron chi connectivity index (χ0n) is 6.07. The molecule has 0 aromatic carbocycles. The minimum atomic E-state index is -1.17. The van der Waals surface area contributed by atoms with Crippen molar-refractivity contribution in [3.05, 3.63) is 0 Å². The molecule has 1 N–H and O–H groups in total. The minimum absolute atomic E-state index is 0. The van der Waals surface area contributed by atoms with Gasteiger partial charge in [0.15, 0.2) is 12.3 Å². The van der Waals surface area contributed by atoms with Crippen molar-refractivity contribution in [3.8, 4) is 0 Å². The quantitative estimate of drug-likeness (QED) is 0.236. The van der Waals surface area contributed by atoms with E-state index in [0.717, 1.165) is 0 Å². The van der Waals surface area contributed by atoms with Gasteiger partial charge in [-0.05, 0) is 6.92 Å². The zero-order valence-corrected chi connectivity index (χ0v) is 6.07. The molecular weight excluding hydrogens is 173 g/mol. The van der Waals surface area contributed by atoms with Crippen molar-refractivity contribution in [1.82, 2.24) is 5.32 Å². The zero-order chi connectivity index (χ0) is 8.69. The first-order valence-corrected chi connectivity index (χ1v) is 3.07. The number of carbonyl (C=O) groups excluding carboxylic acids is 3. The van der Waals surface area contributed by atoms with Crippen LogP contribution in [-0.4, -0.2) is 60.9 Å². The van der Waals surface area contributed by atoms with Crippen molar-refractivity contribution in [3.63, 3.8) is 0 Å². The van der Waals surface area contributed by atoms with Crippen LogP contribution in [0, 0.1) is 0 Å². The Morgan fingerprint density at radius 1 is 1.58 bits per heavy atom. The van der Waals surface area contributed by atoms with Crippen LogP contribution >= 0.6 is 0 Å². The Hall–Kier alpha value is -0.390. The van der Waals surface area contributed by atoms with Crippen molar-refractivity contribution in [2.24, 2.45) is 0 Å². The van der Waals surface area contributed by atoms with Gasteiger partial charge in [-0.2, -0.15) is 0 Å². The summed E-state index contributed by atoms with van der Waals surface area (Å²) >= 11 is 0. The van der Waals surface area contributed by atoms with E-state index in [1.54, 1.807) is 6.92 Å². The van der Waals surface area contributed by atoms with Crippen molar-refractivity contribution in [2.45, 2.75) is 13.0 Å². The number of aldehydes is 1. The third-order valence-corrected chi connectivity index (χ3v) is 0.924. The number of esters is 1. The molecule has 1 amide bonds. The summed E-state index contributed by atoms with van der Waals surface area (Å²) in [6, 6.07) is -1.17. The van der Waals surface area contributed by atoms with Crippen LogP contribution in [0.2, 0.25) is 0 Å². The van der Waals surface area contributed by atoms with Crippen molar-refractivity contribution in [2.75, 3.05) is 6.61 Å². The average Bonchev–Trinajstić information content (AvgIpc) is 2.00. The second-order valence-corrected chi connectivity index (χ2v) is 1.65. The third kappa shape index (κ3) is 5.29. The molecule has 0 aliphatic rings. The van der Waals surface area contributed by atoms with E-state index in [-0.39, 0.29) is 42.6 Å². The summed E-state index contributed by atoms with van der Waals surface area (Å²) in [5.74, 6) is -0.741. The first-order chi connectivity index (χ1) is 5.26. The Balaban J connectivity index is 0. The van der Waals surface area contributed by atoms with Gasteiger partial charge in [-0.15, -0.1) is 0 Å². The molecule has 1 unspecified atom stereocenters.